The Morgan fingerprint density at radius 3 is 2.42 bits per heavy atom. The van der Waals surface area contributed by atoms with E-state index in [0.29, 0.717) is 12.8 Å². The average molecular weight is 530 g/mol. The molecule has 196 valence electrons. The summed E-state index contributed by atoms with van der Waals surface area (Å²) in [5.74, 6) is -1.87. The number of carbonyl (C=O) groups excluding carboxylic acids is 2. The number of pyridine rings is 1. The summed E-state index contributed by atoms with van der Waals surface area (Å²) in [6, 6.07) is 8.87. The van der Waals surface area contributed by atoms with Crippen LogP contribution in [0, 0.1) is 5.92 Å². The molecule has 3 rings (SSSR count). The van der Waals surface area contributed by atoms with E-state index >= 15 is 0 Å². The maximum atomic E-state index is 13.0. The number of alkyl halides is 3. The van der Waals surface area contributed by atoms with Crippen molar-refractivity contribution in [2.75, 3.05) is 4.90 Å². The second-order valence-corrected chi connectivity index (χ2v) is 9.86. The Balaban J connectivity index is 2.02. The van der Waals surface area contributed by atoms with E-state index in [1.807, 2.05) is 13.0 Å². The number of anilines is 1. The molecular weight excluding hydrogens is 503 g/mol. The molecule has 36 heavy (non-hydrogen) atoms. The topological polar surface area (TPSA) is 115 Å². The molecule has 1 N–H and O–H groups in total. The zero-order valence-corrected chi connectivity index (χ0v) is 20.6. The van der Waals surface area contributed by atoms with Crippen molar-refractivity contribution in [1.82, 2.24) is 10.3 Å². The summed E-state index contributed by atoms with van der Waals surface area (Å²) in [4.78, 5) is 30.2. The highest BCUT2D eigenvalue weighted by Gasteiger charge is 2.50. The van der Waals surface area contributed by atoms with E-state index in [2.05, 4.69) is 14.5 Å². The summed E-state index contributed by atoms with van der Waals surface area (Å²) < 4.78 is 72.3. The van der Waals surface area contributed by atoms with E-state index in [0.717, 1.165) is 11.8 Å². The third-order valence-electron chi connectivity index (χ3n) is 5.84. The molecule has 0 saturated heterocycles. The first-order valence-electron chi connectivity index (χ1n) is 11.1. The SMILES string of the molecule is CCCC1[C@H](C)C(NC(=O)OCc2ccccc2)c2ccnc(OS(=O)(=O)C(F)(F)F)c2N1C(C)=O. The van der Waals surface area contributed by atoms with Gasteiger partial charge in [0.15, 0.2) is 0 Å². The number of nitrogens with zero attached hydrogens (tertiary/aromatic N) is 2. The molecule has 2 aromatic rings. The zero-order valence-electron chi connectivity index (χ0n) is 19.8. The van der Waals surface area contributed by atoms with Gasteiger partial charge < -0.3 is 19.1 Å². The molecule has 3 atom stereocenters. The van der Waals surface area contributed by atoms with E-state index in [1.165, 1.54) is 17.9 Å². The average Bonchev–Trinajstić information content (AvgIpc) is 2.80. The normalized spacial score (nSPS) is 19.8. The molecule has 2 amide bonds. The molecule has 0 radical (unpaired) electrons. The van der Waals surface area contributed by atoms with Gasteiger partial charge in [0, 0.05) is 30.6 Å². The molecule has 0 bridgehead atoms. The molecule has 2 heterocycles. The molecular formula is C23H26F3N3O6S. The van der Waals surface area contributed by atoms with Crippen LogP contribution in [0.3, 0.4) is 0 Å². The van der Waals surface area contributed by atoms with Gasteiger partial charge in [0.2, 0.25) is 5.91 Å². The highest BCUT2D eigenvalue weighted by Crippen LogP contribution is 2.46. The Hall–Kier alpha value is -3.35. The molecule has 2 unspecified atom stereocenters. The van der Waals surface area contributed by atoms with Gasteiger partial charge in [-0.05, 0) is 18.1 Å². The predicted molar refractivity (Wildman–Crippen MR) is 123 cm³/mol. The van der Waals surface area contributed by atoms with E-state index in [9.17, 15) is 31.2 Å². The molecule has 13 heteroatoms. The third-order valence-corrected chi connectivity index (χ3v) is 6.79. The van der Waals surface area contributed by atoms with Crippen LogP contribution in [0.15, 0.2) is 42.6 Å². The Kier molecular flexibility index (Phi) is 8.12. The fourth-order valence-electron chi connectivity index (χ4n) is 4.24. The number of carbonyl (C=O) groups is 2. The number of hydrogen-bond acceptors (Lipinski definition) is 7. The minimum atomic E-state index is -6.07. The first-order chi connectivity index (χ1) is 16.9. The first kappa shape index (κ1) is 27.2. The van der Waals surface area contributed by atoms with Crippen LogP contribution < -0.4 is 14.4 Å². The number of halogens is 3. The van der Waals surface area contributed by atoms with Gasteiger partial charge in [-0.25, -0.2) is 9.78 Å². The van der Waals surface area contributed by atoms with Crippen LogP contribution in [-0.4, -0.2) is 37.0 Å². The second kappa shape index (κ2) is 10.7. The number of ether oxygens (including phenoxy) is 1. The Labute approximate surface area is 206 Å². The quantitative estimate of drug-likeness (QED) is 0.416. The molecule has 0 spiro atoms. The summed E-state index contributed by atoms with van der Waals surface area (Å²) in [6.45, 7) is 4.81. The lowest BCUT2D eigenvalue weighted by atomic mass is 9.80. The lowest BCUT2D eigenvalue weighted by Gasteiger charge is -2.45. The van der Waals surface area contributed by atoms with Crippen LogP contribution in [0.4, 0.5) is 23.7 Å². The second-order valence-electron chi connectivity index (χ2n) is 8.33. The maximum Gasteiger partial charge on any atom is 0.534 e. The molecule has 1 aromatic heterocycles. The lowest BCUT2D eigenvalue weighted by molar-refractivity contribution is -0.117. The first-order valence-corrected chi connectivity index (χ1v) is 12.5. The summed E-state index contributed by atoms with van der Waals surface area (Å²) in [6.07, 6.45) is 1.26. The minimum absolute atomic E-state index is 0.0207. The van der Waals surface area contributed by atoms with Gasteiger partial charge in [0.05, 0.1) is 6.04 Å². The fraction of sp³-hybridized carbons (Fsp3) is 0.435. The molecule has 9 nitrogen and oxygen atoms in total. The van der Waals surface area contributed by atoms with Gasteiger partial charge in [-0.1, -0.05) is 50.6 Å². The van der Waals surface area contributed by atoms with Crippen molar-refractivity contribution in [2.45, 2.75) is 57.8 Å². The van der Waals surface area contributed by atoms with Gasteiger partial charge in [0.1, 0.15) is 12.3 Å². The molecule has 1 aliphatic rings. The lowest BCUT2D eigenvalue weighted by Crippen LogP contribution is -2.52. The smallest absolute Gasteiger partial charge is 0.445 e. The molecule has 1 aromatic carbocycles. The minimum Gasteiger partial charge on any atom is -0.445 e. The number of alkyl carbamates (subject to hydrolysis) is 1. The van der Waals surface area contributed by atoms with Crippen molar-refractivity contribution in [3.63, 3.8) is 0 Å². The maximum absolute atomic E-state index is 13.0. The van der Waals surface area contributed by atoms with Crippen LogP contribution in [0.1, 0.15) is 50.8 Å². The monoisotopic (exact) mass is 529 g/mol. The van der Waals surface area contributed by atoms with Crippen LogP contribution >= 0.6 is 0 Å². The van der Waals surface area contributed by atoms with Crippen molar-refractivity contribution < 1.29 is 40.1 Å². The van der Waals surface area contributed by atoms with Gasteiger partial charge in [-0.2, -0.15) is 21.6 Å². The number of fused-ring (bicyclic) bond motifs is 1. The predicted octanol–water partition coefficient (Wildman–Crippen LogP) is 4.45. The molecule has 0 aliphatic carbocycles. The van der Waals surface area contributed by atoms with Crippen LogP contribution in [0.5, 0.6) is 5.88 Å². The van der Waals surface area contributed by atoms with E-state index < -0.39 is 51.5 Å². The number of amides is 2. The van der Waals surface area contributed by atoms with Crippen LogP contribution in [0.25, 0.3) is 0 Å². The van der Waals surface area contributed by atoms with Gasteiger partial charge >= 0.3 is 21.7 Å². The number of rotatable bonds is 7. The highest BCUT2D eigenvalue weighted by molar-refractivity contribution is 7.88. The van der Waals surface area contributed by atoms with Crippen molar-refractivity contribution >= 4 is 27.8 Å². The highest BCUT2D eigenvalue weighted by atomic mass is 32.2. The number of nitrogens with one attached hydrogen (secondary N) is 1. The van der Waals surface area contributed by atoms with Crippen LogP contribution in [-0.2, 0) is 26.3 Å². The van der Waals surface area contributed by atoms with Gasteiger partial charge in [-0.3, -0.25) is 4.79 Å². The molecule has 0 fully saturated rings. The molecule has 1 aliphatic heterocycles. The standard InChI is InChI=1S/C23H26F3N3O6S/c1-4-8-18-14(2)19(28-22(31)34-13-16-9-6-5-7-10-16)17-11-12-27-21(20(17)29(18)15(3)30)35-36(32,33)23(24,25)26/h5-7,9-12,14,18-19H,4,8,13H2,1-3H3,(H,28,31)/t14-,18?,19?/m0/s1. The molecule has 0 saturated carbocycles. The van der Waals surface area contributed by atoms with Gasteiger partial charge in [0.25, 0.3) is 5.88 Å². The Bertz CT molecular complexity index is 1210. The number of hydrogen-bond donors (Lipinski definition) is 1. The summed E-state index contributed by atoms with van der Waals surface area (Å²) in [5.41, 5.74) is -5.04. The van der Waals surface area contributed by atoms with Crippen molar-refractivity contribution in [3.05, 3.63) is 53.7 Å². The van der Waals surface area contributed by atoms with E-state index in [1.54, 1.807) is 31.2 Å². The third kappa shape index (κ3) is 5.72. The zero-order chi connectivity index (χ0) is 26.7. The van der Waals surface area contributed by atoms with Crippen molar-refractivity contribution in [2.24, 2.45) is 5.92 Å². The summed E-state index contributed by atoms with van der Waals surface area (Å²) in [5, 5.41) is 2.71. The van der Waals surface area contributed by atoms with E-state index in [4.69, 9.17) is 4.74 Å². The van der Waals surface area contributed by atoms with Gasteiger partial charge in [-0.15, -0.1) is 0 Å². The van der Waals surface area contributed by atoms with E-state index in [-0.39, 0.29) is 17.9 Å². The number of aromatic nitrogens is 1. The Morgan fingerprint density at radius 2 is 1.83 bits per heavy atom. The van der Waals surface area contributed by atoms with Crippen molar-refractivity contribution in [3.8, 4) is 5.88 Å². The summed E-state index contributed by atoms with van der Waals surface area (Å²) in [7, 11) is -6.07. The Morgan fingerprint density at radius 1 is 1.17 bits per heavy atom. The summed E-state index contributed by atoms with van der Waals surface area (Å²) >= 11 is 0. The van der Waals surface area contributed by atoms with Crippen molar-refractivity contribution in [1.29, 1.82) is 0 Å². The fourth-order valence-corrected chi connectivity index (χ4v) is 4.66. The number of benzene rings is 1. The largest absolute Gasteiger partial charge is 0.534 e. The van der Waals surface area contributed by atoms with Crippen LogP contribution in [0.2, 0.25) is 0 Å².